The first-order chi connectivity index (χ1) is 12.5. The van der Waals surface area contributed by atoms with E-state index in [2.05, 4.69) is 0 Å². The molecule has 0 bridgehead atoms. The summed E-state index contributed by atoms with van der Waals surface area (Å²) in [5, 5.41) is 53.3. The Morgan fingerprint density at radius 2 is 0.600 bits per heavy atom. The van der Waals surface area contributed by atoms with E-state index < -0.39 is 62.6 Å². The number of carboxylic acids is 5. The van der Waals surface area contributed by atoms with E-state index in [0.717, 1.165) is 9.80 Å². The van der Waals surface area contributed by atoms with Crippen LogP contribution in [0.3, 0.4) is 0 Å². The summed E-state index contributed by atoms with van der Waals surface area (Å²) < 4.78 is 0. The van der Waals surface area contributed by atoms with Crippen LogP contribution in [-0.4, -0.2) is 133 Å². The maximum Gasteiger partial charge on any atom is 0.0555 e. The molecule has 0 aliphatic carbocycles. The molecule has 0 aromatic heterocycles. The molecule has 0 aliphatic heterocycles. The molecule has 0 aliphatic rings. The fourth-order valence-electron chi connectivity index (χ4n) is 2.18. The van der Waals surface area contributed by atoms with Crippen LogP contribution in [0.15, 0.2) is 0 Å². The number of hydrogen-bond acceptors (Lipinski definition) is 13. The number of hydrogen-bond donors (Lipinski definition) is 0. The molecule has 0 aromatic rings. The van der Waals surface area contributed by atoms with Crippen molar-refractivity contribution in [3.05, 3.63) is 0 Å². The molecule has 0 atom stereocenters. The van der Waals surface area contributed by atoms with Crippen LogP contribution in [0.5, 0.6) is 0 Å². The molecule has 0 aromatic carbocycles. The number of nitrogens with zero attached hydrogens (tertiary/aromatic N) is 3. The van der Waals surface area contributed by atoms with Crippen molar-refractivity contribution in [2.45, 2.75) is 0 Å². The van der Waals surface area contributed by atoms with E-state index in [1.54, 1.807) is 0 Å². The molecule has 30 heavy (non-hydrogen) atoms. The molecule has 3 radical (unpaired) electrons. The average Bonchev–Trinajstić information content (AvgIpc) is 2.46. The summed E-state index contributed by atoms with van der Waals surface area (Å²) in [5.74, 6) is -7.67. The zero-order chi connectivity index (χ0) is 21.0. The minimum atomic E-state index is -1.54. The van der Waals surface area contributed by atoms with E-state index in [1.165, 1.54) is 4.90 Å². The molecule has 16 heteroatoms. The Morgan fingerprint density at radius 1 is 0.433 bits per heavy atom. The molecule has 0 unspecified atom stereocenters. The first kappa shape index (κ1) is 36.9. The van der Waals surface area contributed by atoms with Gasteiger partial charge in [0.15, 0.2) is 0 Å². The fraction of sp³-hybridized carbons (Fsp3) is 0.643. The molecule has 0 amide bonds. The van der Waals surface area contributed by atoms with Gasteiger partial charge in [-0.1, -0.05) is 0 Å². The third kappa shape index (κ3) is 22.2. The van der Waals surface area contributed by atoms with Crippen molar-refractivity contribution in [2.75, 3.05) is 58.9 Å². The predicted molar refractivity (Wildman–Crippen MR) is 80.1 cm³/mol. The van der Waals surface area contributed by atoms with Gasteiger partial charge < -0.3 is 49.5 Å². The van der Waals surface area contributed by atoms with Gasteiger partial charge in [0.05, 0.1) is 29.8 Å². The van der Waals surface area contributed by atoms with Gasteiger partial charge in [-0.3, -0.25) is 14.7 Å². The molecular weight excluding hydrogens is 589 g/mol. The van der Waals surface area contributed by atoms with Crippen molar-refractivity contribution in [1.82, 2.24) is 14.7 Å². The summed E-state index contributed by atoms with van der Waals surface area (Å²) in [6.07, 6.45) is 0. The molecule has 0 heterocycles. The van der Waals surface area contributed by atoms with Crippen molar-refractivity contribution < 1.29 is 89.7 Å². The molecule has 169 valence electrons. The van der Waals surface area contributed by atoms with Gasteiger partial charge in [-0.15, -0.1) is 0 Å². The second-order valence-corrected chi connectivity index (χ2v) is 5.56. The summed E-state index contributed by atoms with van der Waals surface area (Å²) >= 11 is 0. The largest absolute Gasteiger partial charge is 0.549 e. The number of rotatable bonds is 16. The van der Waals surface area contributed by atoms with E-state index in [-0.39, 0.29) is 95.9 Å². The minimum Gasteiger partial charge on any atom is -0.549 e. The Balaban J connectivity index is -0.00000113. The molecule has 0 saturated carbocycles. The first-order valence-corrected chi connectivity index (χ1v) is 7.66. The van der Waals surface area contributed by atoms with Crippen LogP contribution in [0.25, 0.3) is 0 Å². The maximum absolute atomic E-state index is 10.8. The number of aliphatic carboxylic acids is 5. The summed E-state index contributed by atoms with van der Waals surface area (Å²) in [5.41, 5.74) is 0. The van der Waals surface area contributed by atoms with Crippen LogP contribution in [0.4, 0.5) is 0 Å². The van der Waals surface area contributed by atoms with Gasteiger partial charge in [-0.2, -0.15) is 0 Å². The van der Waals surface area contributed by atoms with E-state index >= 15 is 0 Å². The van der Waals surface area contributed by atoms with Gasteiger partial charge in [0.2, 0.25) is 0 Å². The fourth-order valence-corrected chi connectivity index (χ4v) is 2.18. The van der Waals surface area contributed by atoms with Gasteiger partial charge in [-0.25, -0.2) is 0 Å². The monoisotopic (exact) mass is 605 g/mol. The van der Waals surface area contributed by atoms with Crippen LogP contribution in [-0.2, 0) is 64.2 Å². The van der Waals surface area contributed by atoms with Crippen molar-refractivity contribution in [3.63, 3.8) is 0 Å². The van der Waals surface area contributed by atoms with E-state index in [4.69, 9.17) is 0 Å². The van der Waals surface area contributed by atoms with E-state index in [9.17, 15) is 49.5 Å². The number of carbonyl (C=O) groups excluding carboxylic acids is 5. The number of carbonyl (C=O) groups is 5. The van der Waals surface area contributed by atoms with Crippen LogP contribution in [0.1, 0.15) is 0 Å². The topological polar surface area (TPSA) is 210 Å². The third-order valence-corrected chi connectivity index (χ3v) is 3.23. The summed E-state index contributed by atoms with van der Waals surface area (Å²) in [6, 6.07) is 0. The van der Waals surface area contributed by atoms with Crippen LogP contribution in [0, 0.1) is 0 Å². The van der Waals surface area contributed by atoms with Gasteiger partial charge >= 0.3 is 0 Å². The smallest absolute Gasteiger partial charge is 0.0555 e. The van der Waals surface area contributed by atoms with E-state index in [0.29, 0.717) is 0 Å². The van der Waals surface area contributed by atoms with Crippen molar-refractivity contribution in [2.24, 2.45) is 0 Å². The Hall–Kier alpha value is -0.471. The number of carboxylic acid groups (broad SMARTS) is 5. The Bertz CT molecular complexity index is 498. The van der Waals surface area contributed by atoms with Gasteiger partial charge in [0, 0.05) is 129 Å². The van der Waals surface area contributed by atoms with Crippen molar-refractivity contribution in [3.8, 4) is 0 Å². The molecular formula is C14H18N3NaO10Tc2-5. The summed E-state index contributed by atoms with van der Waals surface area (Å²) in [7, 11) is 0. The van der Waals surface area contributed by atoms with Crippen molar-refractivity contribution in [1.29, 1.82) is 0 Å². The molecule has 0 fully saturated rings. The van der Waals surface area contributed by atoms with Crippen molar-refractivity contribution >= 4 is 59.4 Å². The zero-order valence-electron chi connectivity index (χ0n) is 16.0. The molecule has 13 nitrogen and oxygen atoms in total. The van der Waals surface area contributed by atoms with E-state index in [1.807, 2.05) is 0 Å². The first-order valence-electron chi connectivity index (χ1n) is 7.66. The van der Waals surface area contributed by atoms with Crippen LogP contribution >= 0.6 is 0 Å². The normalized spacial score (nSPS) is 9.97. The Kier molecular flexibility index (Phi) is 25.1. The van der Waals surface area contributed by atoms with Gasteiger partial charge in [0.25, 0.3) is 0 Å². The van der Waals surface area contributed by atoms with Gasteiger partial charge in [0.1, 0.15) is 0 Å². The van der Waals surface area contributed by atoms with Crippen LogP contribution < -0.4 is 25.5 Å². The second-order valence-electron chi connectivity index (χ2n) is 5.56. The van der Waals surface area contributed by atoms with Crippen LogP contribution in [0.2, 0.25) is 0 Å². The zero-order valence-corrected chi connectivity index (χ0v) is 21.8. The average molecular weight is 607 g/mol. The standard InChI is InChI=1S/C14H23N3O10.Na.2Tc/c18-10(19)5-15(1-3-16(6-11(20)21)7-12(22)23)2-4-17(8-13(24)25)9-14(26)27;;;/h1-9H2,(H,18,19)(H,20,21)(H,22,23)(H,24,25)(H,26,27);;;/p-5. The molecule has 0 N–H and O–H groups in total. The Morgan fingerprint density at radius 3 is 0.800 bits per heavy atom. The summed E-state index contributed by atoms with van der Waals surface area (Å²) in [4.78, 5) is 56.4. The summed E-state index contributed by atoms with van der Waals surface area (Å²) in [6.45, 7) is -4.16. The molecule has 0 saturated heterocycles. The molecule has 0 rings (SSSR count). The SMILES string of the molecule is O=C([O-])CN(CCN(CC(=O)[O-])CC(=O)[O-])CCN(CC(=O)[O-])CC(=O)[O-].[Na].[Tc].[Tc]. The molecule has 0 spiro atoms. The van der Waals surface area contributed by atoms with Gasteiger partial charge in [-0.05, 0) is 0 Å². The Labute approximate surface area is 221 Å². The predicted octanol–water partition coefficient (Wildman–Crippen LogP) is -9.74. The second kappa shape index (κ2) is 20.4. The maximum atomic E-state index is 10.8. The third-order valence-electron chi connectivity index (χ3n) is 3.23. The quantitative estimate of drug-likeness (QED) is 0.149. The minimum absolute atomic E-state index is 0.